The average Bonchev–Trinajstić information content (AvgIpc) is 2.78. The van der Waals surface area contributed by atoms with Gasteiger partial charge in [-0.3, -0.25) is 20.3 Å². The van der Waals surface area contributed by atoms with Crippen LogP contribution in [0.2, 0.25) is 0 Å². The number of benzene rings is 2. The van der Waals surface area contributed by atoms with Crippen molar-refractivity contribution in [1.29, 1.82) is 0 Å². The van der Waals surface area contributed by atoms with Crippen LogP contribution in [0.3, 0.4) is 0 Å². The van der Waals surface area contributed by atoms with Crippen LogP contribution in [-0.4, -0.2) is 50.7 Å². The van der Waals surface area contributed by atoms with E-state index in [1.54, 1.807) is 24.3 Å². The molecule has 1 heterocycles. The van der Waals surface area contributed by atoms with Gasteiger partial charge in [-0.2, -0.15) is 5.10 Å². The minimum absolute atomic E-state index is 0.134. The molecule has 0 saturated carbocycles. The third-order valence-corrected chi connectivity index (χ3v) is 6.50. The number of nitro groups is 1. The molecule has 0 aliphatic carbocycles. The molecule has 2 N–H and O–H groups in total. The second kappa shape index (κ2) is 10.4. The largest absolute Gasteiger partial charge is 0.495 e. The van der Waals surface area contributed by atoms with Crippen LogP contribution < -0.4 is 14.9 Å². The summed E-state index contributed by atoms with van der Waals surface area (Å²) >= 11 is 0. The van der Waals surface area contributed by atoms with Crippen LogP contribution in [0, 0.1) is 10.1 Å². The van der Waals surface area contributed by atoms with Crippen molar-refractivity contribution in [1.82, 2.24) is 4.90 Å². The lowest BCUT2D eigenvalue weighted by molar-refractivity contribution is -0.384. The average molecular weight is 462 g/mol. The molecule has 1 saturated heterocycles. The molecular weight excluding hydrogens is 434 g/mol. The summed E-state index contributed by atoms with van der Waals surface area (Å²) in [6, 6.07) is 10.2. The zero-order chi connectivity index (χ0) is 23.1. The molecule has 1 aliphatic heterocycles. The van der Waals surface area contributed by atoms with E-state index in [1.807, 2.05) is 0 Å². The number of nitro benzene ring substituents is 1. The van der Waals surface area contributed by atoms with Crippen molar-refractivity contribution in [3.8, 4) is 5.75 Å². The number of nitrogens with zero attached hydrogens (tertiary/aromatic N) is 3. The monoisotopic (exact) mass is 461 g/mol. The van der Waals surface area contributed by atoms with Gasteiger partial charge in [0, 0.05) is 37.7 Å². The maximum absolute atomic E-state index is 12.8. The maximum Gasteiger partial charge on any atom is 0.295 e. The summed E-state index contributed by atoms with van der Waals surface area (Å²) in [7, 11) is -2.65. The number of likely N-dealkylation sites (tertiary alicyclic amines) is 1. The Morgan fingerprint density at radius 3 is 2.53 bits per heavy atom. The zero-order valence-electron chi connectivity index (χ0n) is 18.1. The van der Waals surface area contributed by atoms with Gasteiger partial charge in [0.15, 0.2) is 0 Å². The minimum Gasteiger partial charge on any atom is -0.495 e. The van der Waals surface area contributed by atoms with Gasteiger partial charge in [-0.15, -0.1) is 0 Å². The van der Waals surface area contributed by atoms with Crippen LogP contribution in [0.4, 0.5) is 17.1 Å². The van der Waals surface area contributed by atoms with Gasteiger partial charge in [0.25, 0.3) is 15.7 Å². The fraction of sp³-hybridized carbons (Fsp3) is 0.381. The highest BCUT2D eigenvalue weighted by molar-refractivity contribution is 7.92. The predicted molar refractivity (Wildman–Crippen MR) is 124 cm³/mol. The number of rotatable bonds is 9. The predicted octanol–water partition coefficient (Wildman–Crippen LogP) is 3.68. The standard InChI is InChI=1S/C21H27N5O5S/c1-3-12-25-13-10-16(11-14-25)22-23-18-9-8-17(15-20(18)26(27)28)32(29,30)24-19-6-4-5-7-21(19)31-2/h4-9,15,23-24H,3,10-14H2,1-2H3. The Labute approximate surface area is 187 Å². The van der Waals surface area contributed by atoms with Crippen molar-refractivity contribution in [3.05, 3.63) is 52.6 Å². The van der Waals surface area contributed by atoms with Crippen LogP contribution in [0.1, 0.15) is 26.2 Å². The topological polar surface area (TPSA) is 126 Å². The second-order valence-electron chi connectivity index (χ2n) is 7.37. The summed E-state index contributed by atoms with van der Waals surface area (Å²) in [6.07, 6.45) is 2.67. The van der Waals surface area contributed by atoms with E-state index in [-0.39, 0.29) is 22.0 Å². The van der Waals surface area contributed by atoms with Gasteiger partial charge in [0.05, 0.1) is 22.6 Å². The Bertz CT molecular complexity index is 1090. The molecule has 0 atom stereocenters. The summed E-state index contributed by atoms with van der Waals surface area (Å²) in [6.45, 7) is 5.00. The fourth-order valence-electron chi connectivity index (χ4n) is 3.46. The number of hydrazone groups is 1. The quantitative estimate of drug-likeness (QED) is 0.431. The molecule has 0 amide bonds. The number of hydrogen-bond donors (Lipinski definition) is 2. The molecule has 0 radical (unpaired) electrons. The first-order chi connectivity index (χ1) is 15.3. The van der Waals surface area contributed by atoms with Crippen molar-refractivity contribution in [2.45, 2.75) is 31.1 Å². The number of piperidine rings is 1. The molecule has 0 bridgehead atoms. The molecular formula is C21H27N5O5S. The van der Waals surface area contributed by atoms with Crippen LogP contribution in [0.15, 0.2) is 52.5 Å². The number of nitrogens with one attached hydrogen (secondary N) is 2. The molecule has 32 heavy (non-hydrogen) atoms. The summed E-state index contributed by atoms with van der Waals surface area (Å²) in [4.78, 5) is 13.1. The van der Waals surface area contributed by atoms with E-state index in [2.05, 4.69) is 27.1 Å². The zero-order valence-corrected chi connectivity index (χ0v) is 18.9. The van der Waals surface area contributed by atoms with Crippen LogP contribution in [-0.2, 0) is 10.0 Å². The normalized spacial score (nSPS) is 14.6. The van der Waals surface area contributed by atoms with Crippen molar-refractivity contribution in [2.24, 2.45) is 5.10 Å². The van der Waals surface area contributed by atoms with E-state index in [1.165, 1.54) is 19.2 Å². The Morgan fingerprint density at radius 1 is 1.16 bits per heavy atom. The number of para-hydroxylation sites is 2. The molecule has 2 aromatic rings. The van der Waals surface area contributed by atoms with Gasteiger partial charge < -0.3 is 9.64 Å². The minimum atomic E-state index is -4.07. The molecule has 2 aromatic carbocycles. The SMILES string of the molecule is CCCN1CCC(=NNc2ccc(S(=O)(=O)Nc3ccccc3OC)cc2[N+](=O)[O-])CC1. The number of methoxy groups -OCH3 is 1. The molecule has 11 heteroatoms. The number of hydrogen-bond acceptors (Lipinski definition) is 8. The third kappa shape index (κ3) is 5.74. The van der Waals surface area contributed by atoms with Gasteiger partial charge >= 0.3 is 0 Å². The van der Waals surface area contributed by atoms with E-state index in [4.69, 9.17) is 4.74 Å². The van der Waals surface area contributed by atoms with Gasteiger partial charge in [0.1, 0.15) is 11.4 Å². The van der Waals surface area contributed by atoms with Gasteiger partial charge in [-0.1, -0.05) is 19.1 Å². The van der Waals surface area contributed by atoms with Crippen molar-refractivity contribution >= 4 is 32.8 Å². The van der Waals surface area contributed by atoms with Crippen molar-refractivity contribution in [2.75, 3.05) is 36.9 Å². The van der Waals surface area contributed by atoms with Crippen molar-refractivity contribution in [3.63, 3.8) is 0 Å². The maximum atomic E-state index is 12.8. The summed E-state index contributed by atoms with van der Waals surface area (Å²) < 4.78 is 33.2. The first kappa shape index (κ1) is 23.5. The molecule has 0 spiro atoms. The number of ether oxygens (including phenoxy) is 1. The van der Waals surface area contributed by atoms with Crippen molar-refractivity contribution < 1.29 is 18.1 Å². The summed E-state index contributed by atoms with van der Waals surface area (Å²) in [5, 5.41) is 15.9. The van der Waals surface area contributed by atoms with E-state index in [0.29, 0.717) is 5.75 Å². The lowest BCUT2D eigenvalue weighted by Crippen LogP contribution is -2.34. The Morgan fingerprint density at radius 2 is 1.88 bits per heavy atom. The molecule has 3 rings (SSSR count). The molecule has 0 aromatic heterocycles. The van der Waals surface area contributed by atoms with Gasteiger partial charge in [0.2, 0.25) is 0 Å². The first-order valence-corrected chi connectivity index (χ1v) is 11.8. The number of anilines is 2. The molecule has 0 unspecified atom stereocenters. The highest BCUT2D eigenvalue weighted by atomic mass is 32.2. The molecule has 1 aliphatic rings. The molecule has 1 fully saturated rings. The fourth-order valence-corrected chi connectivity index (χ4v) is 4.55. The Hall–Kier alpha value is -3.18. The summed E-state index contributed by atoms with van der Waals surface area (Å²) in [5.74, 6) is 0.338. The van der Waals surface area contributed by atoms with Crippen LogP contribution in [0.25, 0.3) is 0 Å². The summed E-state index contributed by atoms with van der Waals surface area (Å²) in [5.41, 5.74) is 3.68. The first-order valence-electron chi connectivity index (χ1n) is 10.3. The third-order valence-electron chi connectivity index (χ3n) is 5.14. The van der Waals surface area contributed by atoms with E-state index in [0.717, 1.165) is 50.7 Å². The van der Waals surface area contributed by atoms with E-state index >= 15 is 0 Å². The highest BCUT2D eigenvalue weighted by Crippen LogP contribution is 2.30. The van der Waals surface area contributed by atoms with E-state index in [9.17, 15) is 18.5 Å². The second-order valence-corrected chi connectivity index (χ2v) is 9.06. The highest BCUT2D eigenvalue weighted by Gasteiger charge is 2.23. The van der Waals surface area contributed by atoms with Gasteiger partial charge in [-0.05, 0) is 37.2 Å². The Balaban J connectivity index is 1.79. The molecule has 172 valence electrons. The van der Waals surface area contributed by atoms with Gasteiger partial charge in [-0.25, -0.2) is 8.42 Å². The lowest BCUT2D eigenvalue weighted by Gasteiger charge is -2.26. The Kier molecular flexibility index (Phi) is 7.65. The molecule has 10 nitrogen and oxygen atoms in total. The smallest absolute Gasteiger partial charge is 0.295 e. The van der Waals surface area contributed by atoms with Crippen LogP contribution in [0.5, 0.6) is 5.75 Å². The lowest BCUT2D eigenvalue weighted by atomic mass is 10.1. The van der Waals surface area contributed by atoms with E-state index < -0.39 is 14.9 Å². The number of sulfonamides is 1. The van der Waals surface area contributed by atoms with Crippen LogP contribution >= 0.6 is 0 Å².